The third-order valence-electron chi connectivity index (χ3n) is 5.01. The fraction of sp³-hybridized carbons (Fsp3) is 0.632. The van der Waals surface area contributed by atoms with Crippen molar-refractivity contribution in [3.05, 3.63) is 29.8 Å². The van der Waals surface area contributed by atoms with E-state index < -0.39 is 0 Å². The van der Waals surface area contributed by atoms with Gasteiger partial charge in [-0.1, -0.05) is 31.9 Å². The van der Waals surface area contributed by atoms with Crippen LogP contribution in [0.25, 0.3) is 0 Å². The third kappa shape index (κ3) is 4.51. The first-order valence-electron chi connectivity index (χ1n) is 8.88. The van der Waals surface area contributed by atoms with E-state index in [1.807, 2.05) is 18.2 Å². The fourth-order valence-corrected chi connectivity index (χ4v) is 4.63. The van der Waals surface area contributed by atoms with Crippen molar-refractivity contribution in [1.29, 1.82) is 0 Å². The molecular formula is C19H27NO2S. The highest BCUT2D eigenvalue weighted by molar-refractivity contribution is 7.99. The number of carbonyl (C=O) groups is 1. The summed E-state index contributed by atoms with van der Waals surface area (Å²) in [4.78, 5) is 13.8. The molecule has 23 heavy (non-hydrogen) atoms. The number of nitrogens with one attached hydrogen (secondary N) is 1. The molecule has 2 fully saturated rings. The molecule has 0 radical (unpaired) electrons. The van der Waals surface area contributed by atoms with Crippen molar-refractivity contribution in [1.82, 2.24) is 5.32 Å². The van der Waals surface area contributed by atoms with Gasteiger partial charge < -0.3 is 10.1 Å². The Labute approximate surface area is 143 Å². The molecule has 4 heteroatoms. The molecule has 1 amide bonds. The molecule has 0 spiro atoms. The van der Waals surface area contributed by atoms with Gasteiger partial charge in [0, 0.05) is 23.3 Å². The first-order valence-corrected chi connectivity index (χ1v) is 9.87. The van der Waals surface area contributed by atoms with Gasteiger partial charge in [-0.3, -0.25) is 4.79 Å². The van der Waals surface area contributed by atoms with Crippen LogP contribution in [-0.2, 0) is 4.74 Å². The van der Waals surface area contributed by atoms with E-state index in [1.165, 1.54) is 19.3 Å². The monoisotopic (exact) mass is 333 g/mol. The van der Waals surface area contributed by atoms with Crippen molar-refractivity contribution >= 4 is 17.7 Å². The number of rotatable bonds is 5. The van der Waals surface area contributed by atoms with Gasteiger partial charge in [0.15, 0.2) is 0 Å². The second-order valence-corrected chi connectivity index (χ2v) is 7.85. The Morgan fingerprint density at radius 1 is 1.22 bits per heavy atom. The van der Waals surface area contributed by atoms with E-state index in [0.29, 0.717) is 18.1 Å². The minimum Gasteiger partial charge on any atom is -0.377 e. The number of amides is 1. The van der Waals surface area contributed by atoms with Crippen molar-refractivity contribution < 1.29 is 9.53 Å². The van der Waals surface area contributed by atoms with Crippen molar-refractivity contribution in [2.24, 2.45) is 5.92 Å². The molecule has 1 saturated carbocycles. The van der Waals surface area contributed by atoms with Gasteiger partial charge in [-0.25, -0.2) is 0 Å². The molecule has 1 heterocycles. The number of hydrogen-bond donors (Lipinski definition) is 1. The van der Waals surface area contributed by atoms with E-state index in [0.717, 1.165) is 42.1 Å². The number of carbonyl (C=O) groups excluding carboxylic acids is 1. The summed E-state index contributed by atoms with van der Waals surface area (Å²) in [6, 6.07) is 8.29. The van der Waals surface area contributed by atoms with Gasteiger partial charge in [-0.05, 0) is 43.7 Å². The van der Waals surface area contributed by atoms with Gasteiger partial charge in [0.05, 0.1) is 11.7 Å². The van der Waals surface area contributed by atoms with E-state index in [1.54, 1.807) is 11.8 Å². The van der Waals surface area contributed by atoms with Gasteiger partial charge in [0.2, 0.25) is 0 Å². The lowest BCUT2D eigenvalue weighted by Gasteiger charge is -2.29. The van der Waals surface area contributed by atoms with Crippen LogP contribution in [0.3, 0.4) is 0 Å². The molecule has 1 saturated heterocycles. The highest BCUT2D eigenvalue weighted by Crippen LogP contribution is 2.28. The number of hydrogen-bond acceptors (Lipinski definition) is 3. The zero-order chi connectivity index (χ0) is 16.1. The largest absolute Gasteiger partial charge is 0.377 e. The maximum absolute atomic E-state index is 12.7. The summed E-state index contributed by atoms with van der Waals surface area (Å²) in [5, 5.41) is 3.27. The second kappa shape index (κ2) is 8.20. The van der Waals surface area contributed by atoms with Gasteiger partial charge in [-0.2, -0.15) is 0 Å². The molecule has 1 aliphatic carbocycles. The SMILES string of the molecule is CC1CCCCC1NC(=O)c1ccccc1SCC1CCCO1. The highest BCUT2D eigenvalue weighted by atomic mass is 32.2. The van der Waals surface area contributed by atoms with Crippen LogP contribution in [0, 0.1) is 5.92 Å². The molecule has 0 bridgehead atoms. The molecule has 1 aromatic rings. The normalized spacial score (nSPS) is 27.8. The first-order chi connectivity index (χ1) is 11.2. The predicted octanol–water partition coefficient (Wildman–Crippen LogP) is 4.27. The maximum Gasteiger partial charge on any atom is 0.252 e. The Hall–Kier alpha value is -1.00. The van der Waals surface area contributed by atoms with Gasteiger partial charge in [0.1, 0.15) is 0 Å². The molecule has 3 rings (SSSR count). The highest BCUT2D eigenvalue weighted by Gasteiger charge is 2.24. The minimum absolute atomic E-state index is 0.0826. The summed E-state index contributed by atoms with van der Waals surface area (Å²) in [7, 11) is 0. The van der Waals surface area contributed by atoms with Crippen molar-refractivity contribution in [3.8, 4) is 0 Å². The van der Waals surface area contributed by atoms with E-state index in [9.17, 15) is 4.79 Å². The van der Waals surface area contributed by atoms with Gasteiger partial charge >= 0.3 is 0 Å². The van der Waals surface area contributed by atoms with Crippen LogP contribution < -0.4 is 5.32 Å². The van der Waals surface area contributed by atoms with Crippen LogP contribution in [0.4, 0.5) is 0 Å². The summed E-state index contributed by atoms with van der Waals surface area (Å²) in [5.41, 5.74) is 0.813. The molecule has 2 aliphatic rings. The Kier molecular flexibility index (Phi) is 6.01. The Morgan fingerprint density at radius 2 is 2.04 bits per heavy atom. The maximum atomic E-state index is 12.7. The molecule has 0 aromatic heterocycles. The molecule has 3 unspecified atom stereocenters. The first kappa shape index (κ1) is 16.8. The summed E-state index contributed by atoms with van der Waals surface area (Å²) in [6.45, 7) is 3.13. The summed E-state index contributed by atoms with van der Waals surface area (Å²) < 4.78 is 5.69. The lowest BCUT2D eigenvalue weighted by Crippen LogP contribution is -2.41. The van der Waals surface area contributed by atoms with Crippen LogP contribution >= 0.6 is 11.8 Å². The summed E-state index contributed by atoms with van der Waals surface area (Å²) in [6.07, 6.45) is 7.49. The average molecular weight is 333 g/mol. The Bertz CT molecular complexity index is 528. The molecular weight excluding hydrogens is 306 g/mol. The quantitative estimate of drug-likeness (QED) is 0.818. The lowest BCUT2D eigenvalue weighted by molar-refractivity contribution is 0.0907. The zero-order valence-corrected chi connectivity index (χ0v) is 14.7. The topological polar surface area (TPSA) is 38.3 Å². The van der Waals surface area contributed by atoms with Crippen LogP contribution in [0.1, 0.15) is 55.8 Å². The zero-order valence-electron chi connectivity index (χ0n) is 13.9. The smallest absolute Gasteiger partial charge is 0.252 e. The standard InChI is InChI=1S/C19H27NO2S/c1-14-7-2-4-10-17(14)20-19(21)16-9-3-5-11-18(16)23-13-15-8-6-12-22-15/h3,5,9,11,14-15,17H,2,4,6-8,10,12-13H2,1H3,(H,20,21). The number of ether oxygens (including phenoxy) is 1. The lowest BCUT2D eigenvalue weighted by atomic mass is 9.86. The van der Waals surface area contributed by atoms with Gasteiger partial charge in [-0.15, -0.1) is 11.8 Å². The van der Waals surface area contributed by atoms with Crippen molar-refractivity contribution in [3.63, 3.8) is 0 Å². The van der Waals surface area contributed by atoms with E-state index >= 15 is 0 Å². The summed E-state index contributed by atoms with van der Waals surface area (Å²) in [5.74, 6) is 1.60. The second-order valence-electron chi connectivity index (χ2n) is 6.78. The van der Waals surface area contributed by atoms with Crippen molar-refractivity contribution in [2.75, 3.05) is 12.4 Å². The molecule has 3 nitrogen and oxygen atoms in total. The fourth-order valence-electron chi connectivity index (χ4n) is 3.52. The summed E-state index contributed by atoms with van der Waals surface area (Å²) >= 11 is 1.75. The molecule has 3 atom stereocenters. The van der Waals surface area contributed by atoms with E-state index in [-0.39, 0.29) is 5.91 Å². The molecule has 126 valence electrons. The van der Waals surface area contributed by atoms with Gasteiger partial charge in [0.25, 0.3) is 5.91 Å². The Morgan fingerprint density at radius 3 is 2.83 bits per heavy atom. The molecule has 1 aromatic carbocycles. The molecule has 1 aliphatic heterocycles. The van der Waals surface area contributed by atoms with Crippen molar-refractivity contribution in [2.45, 2.75) is 62.5 Å². The van der Waals surface area contributed by atoms with E-state index in [2.05, 4.69) is 18.3 Å². The minimum atomic E-state index is 0.0826. The van der Waals surface area contributed by atoms with Crippen LogP contribution in [-0.4, -0.2) is 30.4 Å². The average Bonchev–Trinajstić information content (AvgIpc) is 3.09. The number of thioether (sulfide) groups is 1. The number of benzene rings is 1. The molecule has 1 N–H and O–H groups in total. The van der Waals surface area contributed by atoms with Crippen LogP contribution in [0.2, 0.25) is 0 Å². The predicted molar refractivity (Wildman–Crippen MR) is 95.0 cm³/mol. The van der Waals surface area contributed by atoms with Crippen LogP contribution in [0.15, 0.2) is 29.2 Å². The van der Waals surface area contributed by atoms with E-state index in [4.69, 9.17) is 4.74 Å². The third-order valence-corrected chi connectivity index (χ3v) is 6.21. The Balaban J connectivity index is 1.62. The van der Waals surface area contributed by atoms with Crippen LogP contribution in [0.5, 0.6) is 0 Å².